The highest BCUT2D eigenvalue weighted by atomic mass is 16.4. The molecule has 0 aliphatic heterocycles. The van der Waals surface area contributed by atoms with Crippen molar-refractivity contribution in [3.05, 3.63) is 59.2 Å². The normalized spacial score (nSPS) is 18.1. The molecule has 2 aromatic carbocycles. The third kappa shape index (κ3) is 1.65. The molecule has 0 bridgehead atoms. The van der Waals surface area contributed by atoms with Crippen molar-refractivity contribution in [3.63, 3.8) is 0 Å². The number of ketones is 1. The Morgan fingerprint density at radius 3 is 2.58 bits per heavy atom. The number of aliphatic hydroxyl groups is 1. The van der Waals surface area contributed by atoms with E-state index >= 15 is 0 Å². The quantitative estimate of drug-likeness (QED) is 0.764. The van der Waals surface area contributed by atoms with Crippen LogP contribution in [0.25, 0.3) is 10.8 Å². The van der Waals surface area contributed by atoms with Gasteiger partial charge in [-0.25, -0.2) is 4.79 Å². The van der Waals surface area contributed by atoms with Crippen molar-refractivity contribution < 1.29 is 19.8 Å². The van der Waals surface area contributed by atoms with Gasteiger partial charge < -0.3 is 10.2 Å². The summed E-state index contributed by atoms with van der Waals surface area (Å²) >= 11 is 0. The molecule has 0 heterocycles. The third-order valence-electron chi connectivity index (χ3n) is 3.31. The van der Waals surface area contributed by atoms with Gasteiger partial charge in [-0.05, 0) is 22.4 Å². The summed E-state index contributed by atoms with van der Waals surface area (Å²) < 4.78 is 0. The molecule has 2 aromatic rings. The first-order valence-corrected chi connectivity index (χ1v) is 5.79. The summed E-state index contributed by atoms with van der Waals surface area (Å²) in [5.41, 5.74) is 0.357. The number of aliphatic carboxylic acids is 1. The van der Waals surface area contributed by atoms with Crippen molar-refractivity contribution in [2.45, 2.75) is 6.10 Å². The maximum Gasteiger partial charge on any atom is 0.339 e. The van der Waals surface area contributed by atoms with Crippen LogP contribution in [0.1, 0.15) is 22.0 Å². The van der Waals surface area contributed by atoms with Crippen LogP contribution in [-0.2, 0) is 4.79 Å². The van der Waals surface area contributed by atoms with E-state index in [4.69, 9.17) is 5.11 Å². The van der Waals surface area contributed by atoms with Gasteiger partial charge >= 0.3 is 5.97 Å². The molecule has 0 fully saturated rings. The van der Waals surface area contributed by atoms with Crippen LogP contribution in [0, 0.1) is 0 Å². The van der Waals surface area contributed by atoms with Crippen molar-refractivity contribution in [3.8, 4) is 0 Å². The fourth-order valence-electron chi connectivity index (χ4n) is 2.41. The van der Waals surface area contributed by atoms with Crippen LogP contribution >= 0.6 is 0 Å². The molecule has 0 saturated carbocycles. The fraction of sp³-hybridized carbons (Fsp3) is 0.0667. The molecule has 19 heavy (non-hydrogen) atoms. The van der Waals surface area contributed by atoms with E-state index < -0.39 is 17.9 Å². The predicted octanol–water partition coefficient (Wildman–Crippen LogP) is 2.08. The summed E-state index contributed by atoms with van der Waals surface area (Å²) in [5.74, 6) is -1.87. The number of carboxylic acid groups (broad SMARTS) is 1. The molecule has 0 aromatic heterocycles. The summed E-state index contributed by atoms with van der Waals surface area (Å²) in [6.45, 7) is 0. The zero-order valence-corrected chi connectivity index (χ0v) is 9.83. The molecular weight excluding hydrogens is 244 g/mol. The number of Topliss-reactive ketones (excluding diaryl/α,β-unsaturated/α-hetero) is 1. The van der Waals surface area contributed by atoms with Gasteiger partial charge in [0.1, 0.15) is 5.57 Å². The molecule has 3 rings (SSSR count). The lowest BCUT2D eigenvalue weighted by Crippen LogP contribution is -2.21. The smallest absolute Gasteiger partial charge is 0.339 e. The second kappa shape index (κ2) is 4.03. The van der Waals surface area contributed by atoms with Crippen molar-refractivity contribution in [1.29, 1.82) is 0 Å². The molecule has 94 valence electrons. The van der Waals surface area contributed by atoms with E-state index in [0.717, 1.165) is 11.5 Å². The first-order chi connectivity index (χ1) is 9.09. The summed E-state index contributed by atoms with van der Waals surface area (Å²) in [7, 11) is 0. The highest BCUT2D eigenvalue weighted by Gasteiger charge is 2.30. The Hall–Kier alpha value is -2.46. The number of carbonyl (C=O) groups excluding carboxylic acids is 1. The van der Waals surface area contributed by atoms with Crippen LogP contribution in [0.15, 0.2) is 48.0 Å². The molecule has 0 amide bonds. The van der Waals surface area contributed by atoms with Gasteiger partial charge in [0.05, 0.1) is 6.10 Å². The first kappa shape index (κ1) is 11.6. The Kier molecular flexibility index (Phi) is 2.47. The zero-order valence-electron chi connectivity index (χ0n) is 9.83. The largest absolute Gasteiger partial charge is 0.478 e. The fourth-order valence-corrected chi connectivity index (χ4v) is 2.41. The topological polar surface area (TPSA) is 74.6 Å². The average molecular weight is 254 g/mol. The van der Waals surface area contributed by atoms with Gasteiger partial charge in [-0.15, -0.1) is 0 Å². The van der Waals surface area contributed by atoms with E-state index in [1.54, 1.807) is 18.2 Å². The summed E-state index contributed by atoms with van der Waals surface area (Å²) in [6.07, 6.45) is 0.0188. The second-order valence-corrected chi connectivity index (χ2v) is 4.41. The number of fused-ring (bicyclic) bond motifs is 3. The number of carbonyl (C=O) groups is 2. The van der Waals surface area contributed by atoms with Gasteiger partial charge in [-0.2, -0.15) is 0 Å². The van der Waals surface area contributed by atoms with Gasteiger partial charge in [0.25, 0.3) is 0 Å². The lowest BCUT2D eigenvalue weighted by Gasteiger charge is -2.20. The van der Waals surface area contributed by atoms with Crippen LogP contribution in [0.4, 0.5) is 0 Å². The maximum absolute atomic E-state index is 12.3. The Balaban J connectivity index is 2.35. The van der Waals surface area contributed by atoms with Crippen LogP contribution in [0.2, 0.25) is 0 Å². The average Bonchev–Trinajstić information content (AvgIpc) is 2.41. The van der Waals surface area contributed by atoms with Crippen LogP contribution in [0.5, 0.6) is 0 Å². The van der Waals surface area contributed by atoms with Gasteiger partial charge in [0, 0.05) is 5.56 Å². The molecule has 1 unspecified atom stereocenters. The second-order valence-electron chi connectivity index (χ2n) is 4.41. The van der Waals surface area contributed by atoms with Crippen molar-refractivity contribution >= 4 is 22.5 Å². The van der Waals surface area contributed by atoms with Gasteiger partial charge in [-0.3, -0.25) is 4.79 Å². The van der Waals surface area contributed by atoms with Gasteiger partial charge in [0.15, 0.2) is 0 Å². The van der Waals surface area contributed by atoms with Crippen molar-refractivity contribution in [2.75, 3.05) is 0 Å². The minimum absolute atomic E-state index is 0.283. The van der Waals surface area contributed by atoms with Crippen LogP contribution in [-0.4, -0.2) is 22.0 Å². The van der Waals surface area contributed by atoms with E-state index in [2.05, 4.69) is 0 Å². The van der Waals surface area contributed by atoms with E-state index in [1.807, 2.05) is 18.2 Å². The molecule has 1 aliphatic rings. The Morgan fingerprint density at radius 2 is 1.84 bits per heavy atom. The van der Waals surface area contributed by atoms with Crippen molar-refractivity contribution in [1.82, 2.24) is 0 Å². The molecule has 2 N–H and O–H groups in total. The predicted molar refractivity (Wildman–Crippen MR) is 69.0 cm³/mol. The van der Waals surface area contributed by atoms with Crippen molar-refractivity contribution in [2.24, 2.45) is 0 Å². The standard InChI is InChI=1S/C15H10O4/c16-12-7-11(15(18)19)14(17)13-9-4-2-1-3-8(9)5-6-10(12)13/h1-7,12,16H,(H,18,19). The number of carboxylic acids is 1. The highest BCUT2D eigenvalue weighted by Crippen LogP contribution is 2.33. The maximum atomic E-state index is 12.3. The molecule has 0 radical (unpaired) electrons. The van der Waals surface area contributed by atoms with Gasteiger partial charge in [-0.1, -0.05) is 36.4 Å². The lowest BCUT2D eigenvalue weighted by molar-refractivity contribution is -0.132. The molecular formula is C15H10O4. The first-order valence-electron chi connectivity index (χ1n) is 5.79. The molecule has 0 spiro atoms. The number of rotatable bonds is 1. The van der Waals surface area contributed by atoms with Crippen LogP contribution < -0.4 is 0 Å². The van der Waals surface area contributed by atoms with E-state index in [9.17, 15) is 14.7 Å². The minimum atomic E-state index is -1.32. The number of hydrogen-bond donors (Lipinski definition) is 2. The SMILES string of the molecule is O=C(O)C1=CC(O)c2ccc3ccccc3c2C1=O. The number of benzene rings is 2. The minimum Gasteiger partial charge on any atom is -0.478 e. The number of aliphatic hydroxyl groups excluding tert-OH is 1. The zero-order chi connectivity index (χ0) is 13.6. The summed E-state index contributed by atoms with van der Waals surface area (Å²) in [6, 6.07) is 10.7. The Labute approximate surface area is 108 Å². The molecule has 0 saturated heterocycles. The summed E-state index contributed by atoms with van der Waals surface area (Å²) in [5, 5.41) is 20.5. The highest BCUT2D eigenvalue weighted by molar-refractivity contribution is 6.28. The van der Waals surface area contributed by atoms with E-state index in [-0.39, 0.29) is 11.1 Å². The Bertz CT molecular complexity index is 743. The third-order valence-corrected chi connectivity index (χ3v) is 3.31. The molecule has 1 atom stereocenters. The lowest BCUT2D eigenvalue weighted by atomic mass is 9.85. The molecule has 4 nitrogen and oxygen atoms in total. The van der Waals surface area contributed by atoms with Crippen LogP contribution in [0.3, 0.4) is 0 Å². The Morgan fingerprint density at radius 1 is 1.11 bits per heavy atom. The number of hydrogen-bond acceptors (Lipinski definition) is 3. The monoisotopic (exact) mass is 254 g/mol. The molecule has 1 aliphatic carbocycles. The van der Waals surface area contributed by atoms with Gasteiger partial charge in [0.2, 0.25) is 5.78 Å². The summed E-state index contributed by atoms with van der Waals surface area (Å²) in [4.78, 5) is 23.3. The molecule has 4 heteroatoms. The van der Waals surface area contributed by atoms with E-state index in [1.165, 1.54) is 0 Å². The van der Waals surface area contributed by atoms with E-state index in [0.29, 0.717) is 10.9 Å².